The second kappa shape index (κ2) is 7.62. The standard InChI is InChI=1S/C20H19ClN2O3/c1-3-11-26-16-6-4-5-15(12-16)22-18-17(19(24)23(2)20(18)25)13-7-9-14(21)10-8-13/h4-10,12,22H,3,11H2,1-2H3. The number of carbonyl (C=O) groups is 2. The van der Waals surface area contributed by atoms with Gasteiger partial charge in [-0.15, -0.1) is 0 Å². The van der Waals surface area contributed by atoms with Crippen molar-refractivity contribution in [3.63, 3.8) is 0 Å². The van der Waals surface area contributed by atoms with Gasteiger partial charge in [0.2, 0.25) is 0 Å². The fourth-order valence-corrected chi connectivity index (χ4v) is 2.80. The summed E-state index contributed by atoms with van der Waals surface area (Å²) in [6.07, 6.45) is 0.904. The molecule has 0 saturated carbocycles. The fourth-order valence-electron chi connectivity index (χ4n) is 2.67. The molecule has 0 radical (unpaired) electrons. The summed E-state index contributed by atoms with van der Waals surface area (Å²) in [6.45, 7) is 2.65. The Morgan fingerprint density at radius 1 is 1.08 bits per heavy atom. The number of carbonyl (C=O) groups excluding carboxylic acids is 2. The number of hydrogen-bond donors (Lipinski definition) is 1. The number of hydrogen-bond acceptors (Lipinski definition) is 4. The number of rotatable bonds is 6. The molecule has 0 bridgehead atoms. The van der Waals surface area contributed by atoms with Crippen LogP contribution < -0.4 is 10.1 Å². The Balaban J connectivity index is 1.97. The van der Waals surface area contributed by atoms with Gasteiger partial charge in [0.1, 0.15) is 11.4 Å². The maximum atomic E-state index is 12.6. The lowest BCUT2D eigenvalue weighted by atomic mass is 10.0. The molecule has 2 aromatic carbocycles. The number of amides is 2. The summed E-state index contributed by atoms with van der Waals surface area (Å²) >= 11 is 5.93. The minimum atomic E-state index is -0.375. The molecule has 0 saturated heterocycles. The van der Waals surface area contributed by atoms with E-state index in [2.05, 4.69) is 5.32 Å². The first-order chi connectivity index (χ1) is 12.5. The molecule has 2 aromatic rings. The molecule has 5 nitrogen and oxygen atoms in total. The van der Waals surface area contributed by atoms with E-state index in [1.807, 2.05) is 25.1 Å². The molecule has 134 valence electrons. The van der Waals surface area contributed by atoms with E-state index in [4.69, 9.17) is 16.3 Å². The molecular weight excluding hydrogens is 352 g/mol. The van der Waals surface area contributed by atoms with E-state index in [0.717, 1.165) is 11.3 Å². The van der Waals surface area contributed by atoms with Crippen LogP contribution in [0.4, 0.5) is 5.69 Å². The lowest BCUT2D eigenvalue weighted by molar-refractivity contribution is -0.135. The van der Waals surface area contributed by atoms with Gasteiger partial charge >= 0.3 is 0 Å². The number of nitrogens with one attached hydrogen (secondary N) is 1. The van der Waals surface area contributed by atoms with Gasteiger partial charge in [-0.1, -0.05) is 36.7 Å². The number of imide groups is 1. The Morgan fingerprint density at radius 3 is 2.50 bits per heavy atom. The van der Waals surface area contributed by atoms with Crippen molar-refractivity contribution in [2.75, 3.05) is 19.0 Å². The Labute approximate surface area is 157 Å². The SMILES string of the molecule is CCCOc1cccc(NC2=C(c3ccc(Cl)cc3)C(=O)N(C)C2=O)c1. The molecule has 0 spiro atoms. The first-order valence-electron chi connectivity index (χ1n) is 8.33. The second-order valence-electron chi connectivity index (χ2n) is 5.93. The monoisotopic (exact) mass is 370 g/mol. The van der Waals surface area contributed by atoms with Crippen LogP contribution in [0.15, 0.2) is 54.2 Å². The number of benzene rings is 2. The molecule has 1 heterocycles. The molecule has 0 unspecified atom stereocenters. The molecule has 0 fully saturated rings. The summed E-state index contributed by atoms with van der Waals surface area (Å²) in [7, 11) is 1.47. The van der Waals surface area contributed by atoms with Gasteiger partial charge in [0, 0.05) is 23.8 Å². The number of nitrogens with zero attached hydrogens (tertiary/aromatic N) is 1. The average Bonchev–Trinajstić information content (AvgIpc) is 2.85. The van der Waals surface area contributed by atoms with Crippen molar-refractivity contribution in [1.29, 1.82) is 0 Å². The van der Waals surface area contributed by atoms with Gasteiger partial charge in [-0.3, -0.25) is 14.5 Å². The molecule has 6 heteroatoms. The van der Waals surface area contributed by atoms with Crippen LogP contribution in [0.5, 0.6) is 5.75 Å². The van der Waals surface area contributed by atoms with Gasteiger partial charge in [-0.25, -0.2) is 0 Å². The van der Waals surface area contributed by atoms with Crippen molar-refractivity contribution in [1.82, 2.24) is 4.90 Å². The van der Waals surface area contributed by atoms with E-state index < -0.39 is 0 Å². The zero-order valence-corrected chi connectivity index (χ0v) is 15.3. The molecule has 0 atom stereocenters. The molecule has 3 rings (SSSR count). The lowest BCUT2D eigenvalue weighted by Gasteiger charge is -2.11. The van der Waals surface area contributed by atoms with Gasteiger partial charge < -0.3 is 10.1 Å². The molecule has 1 aliphatic heterocycles. The van der Waals surface area contributed by atoms with Crippen molar-refractivity contribution in [2.45, 2.75) is 13.3 Å². The first kappa shape index (κ1) is 18.0. The summed E-state index contributed by atoms with van der Waals surface area (Å²) in [6, 6.07) is 14.1. The number of halogens is 1. The molecule has 0 aliphatic carbocycles. The van der Waals surface area contributed by atoms with Crippen LogP contribution in [0, 0.1) is 0 Å². The Morgan fingerprint density at radius 2 is 1.81 bits per heavy atom. The highest BCUT2D eigenvalue weighted by molar-refractivity contribution is 6.36. The van der Waals surface area contributed by atoms with Crippen LogP contribution in [0.2, 0.25) is 5.02 Å². The molecule has 26 heavy (non-hydrogen) atoms. The predicted octanol–water partition coefficient (Wildman–Crippen LogP) is 3.95. The summed E-state index contributed by atoms with van der Waals surface area (Å²) in [5.41, 5.74) is 1.89. The summed E-state index contributed by atoms with van der Waals surface area (Å²) < 4.78 is 5.62. The third kappa shape index (κ3) is 3.58. The third-order valence-electron chi connectivity index (χ3n) is 4.00. The van der Waals surface area contributed by atoms with E-state index in [9.17, 15) is 9.59 Å². The summed E-state index contributed by atoms with van der Waals surface area (Å²) in [5, 5.41) is 3.65. The molecule has 0 aromatic heterocycles. The largest absolute Gasteiger partial charge is 0.494 e. The molecule has 2 amide bonds. The second-order valence-corrected chi connectivity index (χ2v) is 6.36. The summed E-state index contributed by atoms with van der Waals surface area (Å²) in [5.74, 6) is -0.0198. The number of likely N-dealkylation sites (N-methyl/N-ethyl adjacent to an activating group) is 1. The van der Waals surface area contributed by atoms with Gasteiger partial charge in [-0.2, -0.15) is 0 Å². The van der Waals surface area contributed by atoms with E-state index in [0.29, 0.717) is 34.2 Å². The Hall–Kier alpha value is -2.79. The average molecular weight is 371 g/mol. The van der Waals surface area contributed by atoms with Gasteiger partial charge in [-0.05, 0) is 36.2 Å². The topological polar surface area (TPSA) is 58.6 Å². The van der Waals surface area contributed by atoms with E-state index in [1.54, 1.807) is 30.3 Å². The highest BCUT2D eigenvalue weighted by atomic mass is 35.5. The molecule has 1 aliphatic rings. The minimum Gasteiger partial charge on any atom is -0.494 e. The molecule has 1 N–H and O–H groups in total. The first-order valence-corrected chi connectivity index (χ1v) is 8.71. The lowest BCUT2D eigenvalue weighted by Crippen LogP contribution is -2.27. The summed E-state index contributed by atoms with van der Waals surface area (Å²) in [4.78, 5) is 26.2. The highest BCUT2D eigenvalue weighted by Gasteiger charge is 2.36. The van der Waals surface area contributed by atoms with Crippen LogP contribution in [0.1, 0.15) is 18.9 Å². The van der Waals surface area contributed by atoms with Crippen molar-refractivity contribution in [2.24, 2.45) is 0 Å². The Kier molecular flexibility index (Phi) is 5.28. The van der Waals surface area contributed by atoms with Crippen LogP contribution in [-0.2, 0) is 9.59 Å². The quantitative estimate of drug-likeness (QED) is 0.782. The molecular formula is C20H19ClN2O3. The van der Waals surface area contributed by atoms with Crippen molar-refractivity contribution < 1.29 is 14.3 Å². The van der Waals surface area contributed by atoms with Crippen molar-refractivity contribution >= 4 is 34.7 Å². The highest BCUT2D eigenvalue weighted by Crippen LogP contribution is 2.31. The van der Waals surface area contributed by atoms with Crippen LogP contribution in [-0.4, -0.2) is 30.4 Å². The van der Waals surface area contributed by atoms with Crippen LogP contribution in [0.3, 0.4) is 0 Å². The van der Waals surface area contributed by atoms with Crippen LogP contribution in [0.25, 0.3) is 5.57 Å². The Bertz CT molecular complexity index is 875. The minimum absolute atomic E-state index is 0.243. The van der Waals surface area contributed by atoms with Crippen molar-refractivity contribution in [3.05, 3.63) is 64.8 Å². The predicted molar refractivity (Wildman–Crippen MR) is 102 cm³/mol. The van der Waals surface area contributed by atoms with E-state index in [1.165, 1.54) is 7.05 Å². The van der Waals surface area contributed by atoms with Gasteiger partial charge in [0.25, 0.3) is 11.8 Å². The smallest absolute Gasteiger partial charge is 0.277 e. The van der Waals surface area contributed by atoms with E-state index in [-0.39, 0.29) is 17.5 Å². The zero-order chi connectivity index (χ0) is 18.7. The van der Waals surface area contributed by atoms with Crippen LogP contribution >= 0.6 is 11.6 Å². The maximum absolute atomic E-state index is 12.6. The third-order valence-corrected chi connectivity index (χ3v) is 4.25. The van der Waals surface area contributed by atoms with E-state index >= 15 is 0 Å². The zero-order valence-electron chi connectivity index (χ0n) is 14.6. The van der Waals surface area contributed by atoms with Gasteiger partial charge in [0.15, 0.2) is 0 Å². The van der Waals surface area contributed by atoms with Crippen molar-refractivity contribution in [3.8, 4) is 5.75 Å². The fraction of sp³-hybridized carbons (Fsp3) is 0.200. The maximum Gasteiger partial charge on any atom is 0.277 e. The number of ether oxygens (including phenoxy) is 1. The van der Waals surface area contributed by atoms with Gasteiger partial charge in [0.05, 0.1) is 12.2 Å². The number of anilines is 1. The normalized spacial score (nSPS) is 14.2.